The maximum absolute atomic E-state index is 11.8. The summed E-state index contributed by atoms with van der Waals surface area (Å²) in [6, 6.07) is 15.0. The third kappa shape index (κ3) is 5.76. The van der Waals surface area contributed by atoms with Gasteiger partial charge >= 0.3 is 5.97 Å². The number of benzene rings is 2. The Morgan fingerprint density at radius 1 is 1.04 bits per heavy atom. The Kier molecular flexibility index (Phi) is 6.37. The molecule has 0 aliphatic rings. The van der Waals surface area contributed by atoms with Crippen molar-refractivity contribution in [1.82, 2.24) is 5.32 Å². The molecule has 1 N–H and O–H groups in total. The van der Waals surface area contributed by atoms with E-state index in [1.165, 1.54) is 0 Å². The fourth-order valence-electron chi connectivity index (χ4n) is 2.10. The van der Waals surface area contributed by atoms with Crippen LogP contribution >= 0.6 is 0 Å². The van der Waals surface area contributed by atoms with E-state index in [1.807, 2.05) is 31.2 Å². The van der Waals surface area contributed by atoms with E-state index in [-0.39, 0.29) is 18.9 Å². The number of carbonyl (C=O) groups is 2. The zero-order chi connectivity index (χ0) is 17.4. The Morgan fingerprint density at radius 3 is 2.50 bits per heavy atom. The minimum atomic E-state index is -0.450. The number of methoxy groups -OCH3 is 1. The van der Waals surface area contributed by atoms with Gasteiger partial charge in [0.2, 0.25) is 0 Å². The molecule has 2 rings (SSSR count). The first-order valence-electron chi connectivity index (χ1n) is 7.67. The van der Waals surface area contributed by atoms with Crippen molar-refractivity contribution < 1.29 is 19.1 Å². The summed E-state index contributed by atoms with van der Waals surface area (Å²) in [4.78, 5) is 23.5. The van der Waals surface area contributed by atoms with Crippen molar-refractivity contribution in [2.75, 3.05) is 13.7 Å². The largest absolute Gasteiger partial charge is 0.497 e. The second-order valence-corrected chi connectivity index (χ2v) is 5.45. The van der Waals surface area contributed by atoms with Crippen LogP contribution in [0.4, 0.5) is 0 Å². The van der Waals surface area contributed by atoms with Crippen molar-refractivity contribution >= 4 is 11.9 Å². The summed E-state index contributed by atoms with van der Waals surface area (Å²) in [6.07, 6.45) is 0.0996. The lowest BCUT2D eigenvalue weighted by Crippen LogP contribution is -2.28. The maximum Gasteiger partial charge on any atom is 0.310 e. The van der Waals surface area contributed by atoms with E-state index >= 15 is 0 Å². The van der Waals surface area contributed by atoms with E-state index in [9.17, 15) is 9.59 Å². The Balaban J connectivity index is 1.72. The topological polar surface area (TPSA) is 64.6 Å². The first-order chi connectivity index (χ1) is 11.6. The summed E-state index contributed by atoms with van der Waals surface area (Å²) in [5, 5.41) is 2.72. The van der Waals surface area contributed by atoms with Crippen molar-refractivity contribution in [3.05, 3.63) is 65.2 Å². The van der Waals surface area contributed by atoms with Gasteiger partial charge in [0.1, 0.15) is 5.75 Å². The lowest BCUT2D eigenvalue weighted by molar-refractivity contribution is -0.147. The molecule has 5 heteroatoms. The molecule has 0 fully saturated rings. The molecule has 2 aromatic carbocycles. The predicted octanol–water partition coefficient (Wildman–Crippen LogP) is 2.41. The van der Waals surface area contributed by atoms with Crippen LogP contribution in [0.25, 0.3) is 0 Å². The van der Waals surface area contributed by atoms with E-state index in [0.29, 0.717) is 12.3 Å². The van der Waals surface area contributed by atoms with Crippen molar-refractivity contribution in [2.24, 2.45) is 0 Å². The number of rotatable bonds is 7. The molecule has 0 aromatic heterocycles. The highest BCUT2D eigenvalue weighted by atomic mass is 16.5. The van der Waals surface area contributed by atoms with Gasteiger partial charge in [-0.05, 0) is 30.2 Å². The van der Waals surface area contributed by atoms with Gasteiger partial charge in [-0.25, -0.2) is 0 Å². The van der Waals surface area contributed by atoms with Gasteiger partial charge in [0.05, 0.1) is 13.5 Å². The predicted molar refractivity (Wildman–Crippen MR) is 90.7 cm³/mol. The lowest BCUT2D eigenvalue weighted by Gasteiger charge is -2.08. The first kappa shape index (κ1) is 17.5. The Bertz CT molecular complexity index is 695. The average Bonchev–Trinajstić information content (AvgIpc) is 2.59. The van der Waals surface area contributed by atoms with Crippen LogP contribution in [0.15, 0.2) is 48.5 Å². The molecular formula is C19H21NO4. The number of ether oxygens (including phenoxy) is 2. The lowest BCUT2D eigenvalue weighted by atomic mass is 10.1. The van der Waals surface area contributed by atoms with Crippen LogP contribution < -0.4 is 10.1 Å². The maximum atomic E-state index is 11.8. The summed E-state index contributed by atoms with van der Waals surface area (Å²) >= 11 is 0. The van der Waals surface area contributed by atoms with E-state index < -0.39 is 5.97 Å². The summed E-state index contributed by atoms with van der Waals surface area (Å²) < 4.78 is 10.1. The SMILES string of the molecule is COc1cccc(CC(=O)OCC(=O)NCc2ccc(C)cc2)c1. The normalized spacial score (nSPS) is 10.1. The molecule has 1 amide bonds. The van der Waals surface area contributed by atoms with Crippen LogP contribution in [-0.4, -0.2) is 25.6 Å². The van der Waals surface area contributed by atoms with Crippen LogP contribution in [0, 0.1) is 6.92 Å². The van der Waals surface area contributed by atoms with Crippen LogP contribution in [0.5, 0.6) is 5.75 Å². The van der Waals surface area contributed by atoms with E-state index in [4.69, 9.17) is 9.47 Å². The second kappa shape index (κ2) is 8.72. The summed E-state index contributed by atoms with van der Waals surface area (Å²) in [6.45, 7) is 2.13. The van der Waals surface area contributed by atoms with Gasteiger partial charge in [0.25, 0.3) is 5.91 Å². The van der Waals surface area contributed by atoms with Crippen LogP contribution in [0.2, 0.25) is 0 Å². The zero-order valence-corrected chi connectivity index (χ0v) is 13.9. The van der Waals surface area contributed by atoms with Crippen LogP contribution in [0.1, 0.15) is 16.7 Å². The number of esters is 1. The molecular weight excluding hydrogens is 306 g/mol. The first-order valence-corrected chi connectivity index (χ1v) is 7.67. The van der Waals surface area contributed by atoms with E-state index in [1.54, 1.807) is 31.4 Å². The number of amides is 1. The van der Waals surface area contributed by atoms with Crippen molar-refractivity contribution in [1.29, 1.82) is 0 Å². The van der Waals surface area contributed by atoms with E-state index in [0.717, 1.165) is 16.7 Å². The van der Waals surface area contributed by atoms with Crippen LogP contribution in [0.3, 0.4) is 0 Å². The van der Waals surface area contributed by atoms with Crippen molar-refractivity contribution in [3.8, 4) is 5.75 Å². The van der Waals surface area contributed by atoms with Crippen LogP contribution in [-0.2, 0) is 27.3 Å². The monoisotopic (exact) mass is 327 g/mol. The highest BCUT2D eigenvalue weighted by Crippen LogP contribution is 2.13. The molecule has 126 valence electrons. The molecule has 0 saturated heterocycles. The van der Waals surface area contributed by atoms with Crippen molar-refractivity contribution in [3.63, 3.8) is 0 Å². The minimum absolute atomic E-state index is 0.0996. The van der Waals surface area contributed by atoms with Gasteiger partial charge in [0.15, 0.2) is 6.61 Å². The number of aryl methyl sites for hydroxylation is 1. The molecule has 0 heterocycles. The molecule has 24 heavy (non-hydrogen) atoms. The Labute approximate surface area is 141 Å². The molecule has 0 aliphatic heterocycles. The molecule has 5 nitrogen and oxygen atoms in total. The summed E-state index contributed by atoms with van der Waals surface area (Å²) in [7, 11) is 1.57. The summed E-state index contributed by atoms with van der Waals surface area (Å²) in [5.41, 5.74) is 2.94. The third-order valence-electron chi connectivity index (χ3n) is 3.46. The molecule has 0 saturated carbocycles. The molecule has 0 atom stereocenters. The highest BCUT2D eigenvalue weighted by Gasteiger charge is 2.09. The molecule has 2 aromatic rings. The minimum Gasteiger partial charge on any atom is -0.497 e. The fourth-order valence-corrected chi connectivity index (χ4v) is 2.10. The quantitative estimate of drug-likeness (QED) is 0.793. The van der Waals surface area contributed by atoms with Gasteiger partial charge in [-0.15, -0.1) is 0 Å². The van der Waals surface area contributed by atoms with Gasteiger partial charge in [0, 0.05) is 6.54 Å². The Morgan fingerprint density at radius 2 is 1.79 bits per heavy atom. The fraction of sp³-hybridized carbons (Fsp3) is 0.263. The number of carbonyl (C=O) groups excluding carboxylic acids is 2. The highest BCUT2D eigenvalue weighted by molar-refractivity contribution is 5.81. The summed E-state index contributed by atoms with van der Waals surface area (Å²) in [5.74, 6) is -0.0977. The number of hydrogen-bond donors (Lipinski definition) is 1. The number of hydrogen-bond acceptors (Lipinski definition) is 4. The zero-order valence-electron chi connectivity index (χ0n) is 13.9. The average molecular weight is 327 g/mol. The molecule has 0 spiro atoms. The van der Waals surface area contributed by atoms with Gasteiger partial charge < -0.3 is 14.8 Å². The molecule has 0 radical (unpaired) electrons. The smallest absolute Gasteiger partial charge is 0.310 e. The van der Waals surface area contributed by atoms with Crippen molar-refractivity contribution in [2.45, 2.75) is 19.9 Å². The molecule has 0 unspecified atom stereocenters. The molecule has 0 bridgehead atoms. The standard InChI is InChI=1S/C19H21NO4/c1-14-6-8-15(9-7-14)12-20-18(21)13-24-19(22)11-16-4-3-5-17(10-16)23-2/h3-10H,11-13H2,1-2H3,(H,20,21). The second-order valence-electron chi connectivity index (χ2n) is 5.45. The van der Waals surface area contributed by atoms with Gasteiger partial charge in [-0.1, -0.05) is 42.0 Å². The molecule has 0 aliphatic carbocycles. The Hall–Kier alpha value is -2.82. The van der Waals surface area contributed by atoms with Gasteiger partial charge in [-0.3, -0.25) is 9.59 Å². The van der Waals surface area contributed by atoms with E-state index in [2.05, 4.69) is 5.32 Å². The van der Waals surface area contributed by atoms with Gasteiger partial charge in [-0.2, -0.15) is 0 Å². The third-order valence-corrected chi connectivity index (χ3v) is 3.46. The number of nitrogens with one attached hydrogen (secondary N) is 1.